The van der Waals surface area contributed by atoms with Crippen LogP contribution in [0.5, 0.6) is 5.75 Å². The molecule has 0 unspecified atom stereocenters. The van der Waals surface area contributed by atoms with Gasteiger partial charge in [-0.25, -0.2) is 4.98 Å². The molecule has 98 valence electrons. The molecule has 0 radical (unpaired) electrons. The van der Waals surface area contributed by atoms with E-state index in [-0.39, 0.29) is 5.04 Å². The molecule has 3 nitrogen and oxygen atoms in total. The predicted molar refractivity (Wildman–Crippen MR) is 78.7 cm³/mol. The van der Waals surface area contributed by atoms with Crippen LogP contribution >= 0.6 is 0 Å². The summed E-state index contributed by atoms with van der Waals surface area (Å²) in [5, 5.41) is 0.214. The number of hydrogen-bond donors (Lipinski definition) is 1. The molecule has 1 N–H and O–H groups in total. The maximum absolute atomic E-state index is 6.27. The van der Waals surface area contributed by atoms with Gasteiger partial charge in [0.25, 0.3) is 0 Å². The van der Waals surface area contributed by atoms with Crippen LogP contribution in [0.15, 0.2) is 18.2 Å². The predicted octanol–water partition coefficient (Wildman–Crippen LogP) is 4.26. The number of hydrogen-bond acceptors (Lipinski definition) is 2. The molecule has 0 fully saturated rings. The first kappa shape index (κ1) is 13.1. The molecule has 0 bridgehead atoms. The Morgan fingerprint density at radius 3 is 2.50 bits per heavy atom. The number of imidazole rings is 1. The second-order valence-electron chi connectivity index (χ2n) is 6.36. The first-order chi connectivity index (χ1) is 8.19. The fraction of sp³-hybridized carbons (Fsp3) is 0.500. The van der Waals surface area contributed by atoms with Crippen molar-refractivity contribution in [2.75, 3.05) is 0 Å². The van der Waals surface area contributed by atoms with E-state index >= 15 is 0 Å². The molecule has 0 aliphatic heterocycles. The normalized spacial score (nSPS) is 13.0. The molecule has 1 aromatic carbocycles. The summed E-state index contributed by atoms with van der Waals surface area (Å²) in [6.45, 7) is 13.2. The number of rotatable bonds is 2. The van der Waals surface area contributed by atoms with Crippen molar-refractivity contribution in [2.24, 2.45) is 0 Å². The van der Waals surface area contributed by atoms with Gasteiger partial charge in [0, 0.05) is 6.07 Å². The van der Waals surface area contributed by atoms with Gasteiger partial charge in [0.1, 0.15) is 11.6 Å². The lowest BCUT2D eigenvalue weighted by Crippen LogP contribution is -2.43. The Kier molecular flexibility index (Phi) is 3.01. The summed E-state index contributed by atoms with van der Waals surface area (Å²) in [5.41, 5.74) is 2.04. The summed E-state index contributed by atoms with van der Waals surface area (Å²) in [4.78, 5) is 7.65. The summed E-state index contributed by atoms with van der Waals surface area (Å²) in [6, 6.07) is 6.08. The zero-order valence-corrected chi connectivity index (χ0v) is 13.1. The topological polar surface area (TPSA) is 37.9 Å². The lowest BCUT2D eigenvalue weighted by molar-refractivity contribution is 0.493. The van der Waals surface area contributed by atoms with Crippen molar-refractivity contribution in [1.82, 2.24) is 9.97 Å². The van der Waals surface area contributed by atoms with Gasteiger partial charge >= 0.3 is 0 Å². The molecule has 0 amide bonds. The molecule has 1 aromatic heterocycles. The number of H-pyrrole nitrogens is 1. The third-order valence-corrected chi connectivity index (χ3v) is 8.11. The van der Waals surface area contributed by atoms with Gasteiger partial charge in [0.05, 0.1) is 11.0 Å². The number of aryl methyl sites for hydroxylation is 1. The Bertz CT molecular complexity index is 567. The number of aromatic nitrogens is 2. The van der Waals surface area contributed by atoms with Crippen molar-refractivity contribution in [3.05, 3.63) is 24.0 Å². The first-order valence-electron chi connectivity index (χ1n) is 6.34. The third kappa shape index (κ3) is 2.43. The van der Waals surface area contributed by atoms with Crippen LogP contribution in [0.25, 0.3) is 11.0 Å². The number of nitrogens with zero attached hydrogens (tertiary/aromatic N) is 1. The largest absolute Gasteiger partial charge is 0.543 e. The quantitative estimate of drug-likeness (QED) is 0.821. The fourth-order valence-electron chi connectivity index (χ4n) is 1.63. The van der Waals surface area contributed by atoms with Gasteiger partial charge in [-0.15, -0.1) is 0 Å². The average Bonchev–Trinajstić information content (AvgIpc) is 2.54. The highest BCUT2D eigenvalue weighted by molar-refractivity contribution is 6.74. The summed E-state index contributed by atoms with van der Waals surface area (Å²) >= 11 is 0. The Morgan fingerprint density at radius 2 is 1.89 bits per heavy atom. The minimum atomic E-state index is -1.76. The molecule has 0 aliphatic rings. The Balaban J connectivity index is 2.32. The number of aromatic amines is 1. The van der Waals surface area contributed by atoms with Crippen molar-refractivity contribution in [1.29, 1.82) is 0 Å². The van der Waals surface area contributed by atoms with E-state index in [0.29, 0.717) is 0 Å². The average molecular weight is 262 g/mol. The van der Waals surface area contributed by atoms with Gasteiger partial charge in [0.15, 0.2) is 0 Å². The summed E-state index contributed by atoms with van der Waals surface area (Å²) in [6.07, 6.45) is 0. The van der Waals surface area contributed by atoms with Gasteiger partial charge < -0.3 is 9.41 Å². The van der Waals surface area contributed by atoms with Crippen LogP contribution in [0.3, 0.4) is 0 Å². The zero-order valence-electron chi connectivity index (χ0n) is 12.1. The van der Waals surface area contributed by atoms with Gasteiger partial charge in [0.2, 0.25) is 8.32 Å². The lowest BCUT2D eigenvalue weighted by atomic mass is 10.2. The Morgan fingerprint density at radius 1 is 1.22 bits per heavy atom. The summed E-state index contributed by atoms with van der Waals surface area (Å²) in [7, 11) is -1.76. The smallest absolute Gasteiger partial charge is 0.250 e. The fourth-order valence-corrected chi connectivity index (χ4v) is 2.65. The monoisotopic (exact) mass is 262 g/mol. The van der Waals surface area contributed by atoms with Crippen molar-refractivity contribution in [3.63, 3.8) is 0 Å². The highest BCUT2D eigenvalue weighted by atomic mass is 28.4. The maximum Gasteiger partial charge on any atom is 0.250 e. The number of nitrogens with one attached hydrogen (secondary N) is 1. The lowest BCUT2D eigenvalue weighted by Gasteiger charge is -2.36. The van der Waals surface area contributed by atoms with Gasteiger partial charge in [-0.1, -0.05) is 20.8 Å². The van der Waals surface area contributed by atoms with Crippen LogP contribution in [0.1, 0.15) is 26.6 Å². The van der Waals surface area contributed by atoms with Crippen LogP contribution in [-0.2, 0) is 0 Å². The molecule has 0 saturated carbocycles. The van der Waals surface area contributed by atoms with E-state index in [1.165, 1.54) is 0 Å². The molecule has 0 atom stereocenters. The van der Waals surface area contributed by atoms with Crippen LogP contribution in [0.2, 0.25) is 18.1 Å². The minimum absolute atomic E-state index is 0.214. The molecular formula is C14H22N2OSi. The van der Waals surface area contributed by atoms with Gasteiger partial charge in [-0.2, -0.15) is 0 Å². The van der Waals surface area contributed by atoms with Crippen LogP contribution in [-0.4, -0.2) is 18.3 Å². The minimum Gasteiger partial charge on any atom is -0.543 e. The molecule has 0 spiro atoms. The zero-order chi connectivity index (χ0) is 13.6. The van der Waals surface area contributed by atoms with Gasteiger partial charge in [-0.3, -0.25) is 0 Å². The van der Waals surface area contributed by atoms with E-state index in [2.05, 4.69) is 49.9 Å². The third-order valence-electron chi connectivity index (χ3n) is 3.75. The van der Waals surface area contributed by atoms with Crippen LogP contribution in [0, 0.1) is 6.92 Å². The molecule has 4 heteroatoms. The van der Waals surface area contributed by atoms with Crippen LogP contribution in [0.4, 0.5) is 0 Å². The molecule has 2 rings (SSSR count). The Hall–Kier alpha value is -1.29. The maximum atomic E-state index is 6.27. The molecular weight excluding hydrogens is 240 g/mol. The first-order valence-corrected chi connectivity index (χ1v) is 9.25. The van der Waals surface area contributed by atoms with E-state index in [0.717, 1.165) is 22.6 Å². The molecule has 2 aromatic rings. The van der Waals surface area contributed by atoms with E-state index < -0.39 is 8.32 Å². The SMILES string of the molecule is Cc1nc2ccc(O[Si](C)(C)C(C)(C)C)cc2[nH]1. The molecule has 0 saturated heterocycles. The standard InChI is InChI=1S/C14H22N2OSi/c1-10-15-12-8-7-11(9-13(12)16-10)17-18(5,6)14(2,3)4/h7-9H,1-6H3,(H,15,16). The van der Waals surface area contributed by atoms with Crippen molar-refractivity contribution in [2.45, 2.75) is 45.8 Å². The van der Waals surface area contributed by atoms with Crippen molar-refractivity contribution in [3.8, 4) is 5.75 Å². The molecule has 1 heterocycles. The molecule has 18 heavy (non-hydrogen) atoms. The van der Waals surface area contributed by atoms with Crippen molar-refractivity contribution < 1.29 is 4.43 Å². The van der Waals surface area contributed by atoms with Gasteiger partial charge in [-0.05, 0) is 37.2 Å². The number of fused-ring (bicyclic) bond motifs is 1. The van der Waals surface area contributed by atoms with E-state index in [9.17, 15) is 0 Å². The Labute approximate surface area is 110 Å². The van der Waals surface area contributed by atoms with E-state index in [1.807, 2.05) is 19.1 Å². The molecule has 0 aliphatic carbocycles. The van der Waals surface area contributed by atoms with Crippen LogP contribution < -0.4 is 4.43 Å². The summed E-state index contributed by atoms with van der Waals surface area (Å²) < 4.78 is 6.27. The van der Waals surface area contributed by atoms with E-state index in [1.54, 1.807) is 0 Å². The highest BCUT2D eigenvalue weighted by Gasteiger charge is 2.38. The second kappa shape index (κ2) is 4.12. The summed E-state index contributed by atoms with van der Waals surface area (Å²) in [5.74, 6) is 1.88. The number of benzene rings is 1. The van der Waals surface area contributed by atoms with Crippen molar-refractivity contribution >= 4 is 19.4 Å². The second-order valence-corrected chi connectivity index (χ2v) is 11.1. The van der Waals surface area contributed by atoms with E-state index in [4.69, 9.17) is 4.43 Å². The highest BCUT2D eigenvalue weighted by Crippen LogP contribution is 2.37.